The van der Waals surface area contributed by atoms with E-state index >= 15 is 22.8 Å². The third-order valence-corrected chi connectivity index (χ3v) is 38.2. The highest BCUT2D eigenvalue weighted by Gasteiger charge is 2.52. The van der Waals surface area contributed by atoms with Gasteiger partial charge in [0.1, 0.15) is 29.8 Å². The molecule has 146 heavy (non-hydrogen) atoms. The van der Waals surface area contributed by atoms with Crippen molar-refractivity contribution in [3.8, 4) is 0 Å². The summed E-state index contributed by atoms with van der Waals surface area (Å²) in [6, 6.07) is 19.4. The number of morpholine rings is 5. The van der Waals surface area contributed by atoms with Crippen LogP contribution >= 0.6 is 38.4 Å². The molecule has 6 unspecified atom stereocenters. The van der Waals surface area contributed by atoms with Crippen LogP contribution in [0.3, 0.4) is 0 Å². The minimum absolute atomic E-state index is 0.0137. The molecule has 0 bridgehead atoms. The SMILES string of the molecule is [2H][C@H]1C[C@H](n2cc(C)c(=O)[nH]c2=O)OC1COP(=O)(N(C)C)N1CC(CO[P@@](=O)(N(C)C)N2CC(CO[P@@](=O)(N(C)C)N3CC(CO[P@@](=O)(N(C)C)N4CC(CO[P@@](=O)(N(C)C)N5C[C@@H](CC)O[C@@H](n6ccc(NC(=O)c7ccccc7)nc6=O)C5)O[C@@H](n5ccc(NC(=O)c6ccccc6)nc5=O)C4)O[C@@H](n4cnc5c4C=C(NCC(C)C)CC5=O)C3)O[C@@H](n3cc(C)c(=O)[nH]c3=O)C2)O[C@@H](n2cc(C)c(=O)[nH]c2=O)C1. The number of fused-ring (bicyclic) bond motifs is 1. The van der Waals surface area contributed by atoms with Gasteiger partial charge in [0.25, 0.3) is 28.5 Å². The summed E-state index contributed by atoms with van der Waals surface area (Å²) >= 11 is 0. The topological polar surface area (TPSA) is 559 Å². The first-order valence-corrected chi connectivity index (χ1v) is 55.0. The molecule has 1 aliphatic carbocycles. The van der Waals surface area contributed by atoms with Crippen molar-refractivity contribution in [3.63, 3.8) is 0 Å². The predicted molar refractivity (Wildman–Crippen MR) is 533 cm³/mol. The van der Waals surface area contributed by atoms with Crippen molar-refractivity contribution < 1.29 is 89.6 Å². The van der Waals surface area contributed by atoms with Gasteiger partial charge in [-0.05, 0) is 159 Å². The predicted octanol–water partition coefficient (Wildman–Crippen LogP) is 5.17. The Morgan fingerprint density at radius 2 is 0.753 bits per heavy atom. The van der Waals surface area contributed by atoms with Gasteiger partial charge in [-0.15, -0.1) is 0 Å². The number of anilines is 2. The van der Waals surface area contributed by atoms with Gasteiger partial charge >= 0.3 is 66.8 Å². The number of ether oxygens (including phenoxy) is 6. The van der Waals surface area contributed by atoms with Crippen molar-refractivity contribution in [2.75, 3.05) is 186 Å². The molecular weight excluding hydrogens is 2010 g/mol. The lowest BCUT2D eigenvalue weighted by Gasteiger charge is -2.46. The number of hydrogen-bond acceptors (Lipinski definition) is 31. The Kier molecular flexibility index (Phi) is 34.3. The summed E-state index contributed by atoms with van der Waals surface area (Å²) in [5.41, 5.74) is -4.43. The molecule has 18 atom stereocenters. The number of carbonyl (C=O) groups is 3. The summed E-state index contributed by atoms with van der Waals surface area (Å²) < 4.78 is 185. The Bertz CT molecular complexity index is 6960. The lowest BCUT2D eigenvalue weighted by Crippen LogP contribution is -2.52. The van der Waals surface area contributed by atoms with E-state index in [1.165, 1.54) is 187 Å². The van der Waals surface area contributed by atoms with E-state index in [2.05, 4.69) is 45.9 Å². The van der Waals surface area contributed by atoms with Crippen molar-refractivity contribution in [2.45, 2.75) is 141 Å². The molecule has 6 saturated heterocycles. The Morgan fingerprint density at radius 1 is 0.438 bits per heavy atom. The van der Waals surface area contributed by atoms with Crippen LogP contribution in [0, 0.1) is 26.7 Å². The number of aromatic amines is 3. The minimum Gasteiger partial charge on any atom is -0.388 e. The molecule has 6 aliphatic heterocycles. The Hall–Kier alpha value is -10.1. The summed E-state index contributed by atoms with van der Waals surface area (Å²) in [6.07, 6.45) is -5.43. The first kappa shape index (κ1) is 109. The van der Waals surface area contributed by atoms with Gasteiger partial charge in [-0.3, -0.25) is 89.4 Å². The van der Waals surface area contributed by atoms with E-state index in [0.717, 1.165) is 18.3 Å². The molecular formula is C89H126N25O27P5. The van der Waals surface area contributed by atoms with Crippen LogP contribution in [0.1, 0.15) is 139 Å². The molecule has 12 heterocycles. The minimum atomic E-state index is -4.60. The number of imidazole rings is 1. The standard InChI is InChI=1S/C89H126N25O27P5/c1-17-63-40-104(45-74(136-63)109-32-30-71(94-85(109)121)92-83(119)60-24-20-18-21-25-60)142(126,99(7)8)132-51-65-41-105(46-75(138-65)110-33-31-72(95-86(110)122)93-84(120)61-26-22-19-23-27-61)144(128,101(11)12)135-54-68-44-108(49-78(141-68)114-55-91-79-69(114)34-62(35-70(79)115)90-36-56(2)3)146(130,103(15)16)134-53-67-43-107(48-77(140-67)113-39-59(6)82(118)98-89(113)125)145(129,102(13)14)133-52-66-42-106(47-76(139-66)112-38-58(5)81(117)97-88(112)124)143(127,100(9)10)131-50-64-28-29-73(137-64)111-37-57(4)80(116)96-87(111)123/h18-27,30-34,37-39,55-56,63-68,73-78,90H,17,28-29,35-36,40-54H2,1-16H3,(H,96,116,123)(H,97,117,124)(H,98,118,125)(H,92,94,119,121)(H,93,95,120,122)/t63-,64?,65?,66?,67?,68?,73-,74-,75-,76-,77-,78-,142+,143?,144+,145+,146+/m1/s1/i28D/t28-,63+,64?,65?,66?,67?,68?,73+,74+,75+,76+,77+,78+,142-,143?,144-,145-,146-/m0. The molecule has 57 heteroatoms. The zero-order valence-electron chi connectivity index (χ0n) is 84.7. The van der Waals surface area contributed by atoms with Crippen LogP contribution in [0.2, 0.25) is 0 Å². The number of benzene rings is 2. The van der Waals surface area contributed by atoms with Gasteiger partial charge in [0, 0.05) is 105 Å². The summed E-state index contributed by atoms with van der Waals surface area (Å²) in [4.78, 5) is 168. The number of H-pyrrole nitrogens is 3. The fraction of sp³-hybridized carbons (Fsp3) is 0.551. The zero-order valence-corrected chi connectivity index (χ0v) is 88.2. The number of hydrogen-bond donors (Lipinski definition) is 6. The quantitative estimate of drug-likeness (QED) is 0.0271. The van der Waals surface area contributed by atoms with E-state index < -0.39 is 215 Å². The maximum Gasteiger partial charge on any atom is 0.351 e. The van der Waals surface area contributed by atoms with E-state index in [-0.39, 0.29) is 123 Å². The molecule has 794 valence electrons. The second-order valence-corrected chi connectivity index (χ2v) is 50.6. The van der Waals surface area contributed by atoms with Gasteiger partial charge < -0.3 is 71.6 Å². The molecule has 6 fully saturated rings. The van der Waals surface area contributed by atoms with Gasteiger partial charge in [0.2, 0.25) is 0 Å². The first-order valence-electron chi connectivity index (χ1n) is 47.9. The Labute approximate surface area is 840 Å². The van der Waals surface area contributed by atoms with Crippen molar-refractivity contribution in [1.29, 1.82) is 0 Å². The van der Waals surface area contributed by atoms with Gasteiger partial charge in [-0.1, -0.05) is 57.2 Å². The highest BCUT2D eigenvalue weighted by Crippen LogP contribution is 2.61. The number of nitrogens with one attached hydrogen (secondary N) is 6. The normalized spacial score (nSPS) is 25.5. The number of allylic oxidation sites excluding steroid dienone is 1. The Morgan fingerprint density at radius 3 is 1.09 bits per heavy atom. The van der Waals surface area contributed by atoms with Crippen molar-refractivity contribution in [1.82, 2.24) is 109 Å². The van der Waals surface area contributed by atoms with Crippen molar-refractivity contribution >= 4 is 73.7 Å². The maximum absolute atomic E-state index is 16.9. The number of ketones is 1. The monoisotopic (exact) mass is 2130 g/mol. The largest absolute Gasteiger partial charge is 0.388 e. The molecule has 0 saturated carbocycles. The zero-order chi connectivity index (χ0) is 106. The molecule has 15 rings (SSSR count). The van der Waals surface area contributed by atoms with Crippen LogP contribution in [0.4, 0.5) is 11.6 Å². The fourth-order valence-electron chi connectivity index (χ4n) is 17.6. The summed E-state index contributed by atoms with van der Waals surface area (Å²) in [5.74, 6) is -1.39. The van der Waals surface area contributed by atoms with Gasteiger partial charge in [0.05, 0.1) is 121 Å². The molecule has 6 N–H and O–H groups in total. The van der Waals surface area contributed by atoms with Crippen molar-refractivity contribution in [3.05, 3.63) is 238 Å². The van der Waals surface area contributed by atoms with E-state index in [9.17, 15) is 52.7 Å². The first-order chi connectivity index (χ1) is 69.6. The molecule has 2 amide bonds. The average Bonchev–Trinajstić information content (AvgIpc) is 1.73. The van der Waals surface area contributed by atoms with Crippen LogP contribution in [-0.2, 0) is 73.9 Å². The molecule has 0 spiro atoms. The third kappa shape index (κ3) is 24.5. The average molecular weight is 2130 g/mol. The smallest absolute Gasteiger partial charge is 0.351 e. The van der Waals surface area contributed by atoms with Gasteiger partial charge in [-0.2, -0.15) is 9.97 Å². The second kappa shape index (κ2) is 46.2. The number of aromatic nitrogens is 12. The van der Waals surface area contributed by atoms with E-state index in [1.807, 2.05) is 20.8 Å². The summed E-state index contributed by atoms with van der Waals surface area (Å²) in [5, 5.41) is 8.66. The molecule has 8 aromatic rings. The summed E-state index contributed by atoms with van der Waals surface area (Å²) in [7, 11) is -7.49. The second-order valence-electron chi connectivity index (χ2n) is 37.6. The maximum atomic E-state index is 16.9. The lowest BCUT2D eigenvalue weighted by atomic mass is 10.0. The number of rotatable bonds is 39. The third-order valence-electron chi connectivity index (χ3n) is 25.5. The van der Waals surface area contributed by atoms with E-state index in [0.29, 0.717) is 29.9 Å². The van der Waals surface area contributed by atoms with Crippen LogP contribution in [0.25, 0.3) is 6.08 Å². The van der Waals surface area contributed by atoms with Crippen LogP contribution in [0.5, 0.6) is 0 Å². The van der Waals surface area contributed by atoms with Gasteiger partial charge in [0.15, 0.2) is 30.7 Å². The molecule has 6 aromatic heterocycles. The van der Waals surface area contributed by atoms with Crippen LogP contribution in [-0.4, -0.2) is 334 Å². The number of amides is 2. The molecule has 7 aliphatic rings. The highest BCUT2D eigenvalue weighted by atomic mass is 31.2. The van der Waals surface area contributed by atoms with Crippen molar-refractivity contribution in [2.24, 2.45) is 5.92 Å². The summed E-state index contributed by atoms with van der Waals surface area (Å²) in [6.45, 7) is 4.88. The van der Waals surface area contributed by atoms with Crippen LogP contribution in [0.15, 0.2) is 154 Å². The highest BCUT2D eigenvalue weighted by molar-refractivity contribution is 7.55. The van der Waals surface area contributed by atoms with E-state index in [4.69, 9.17) is 52.4 Å². The van der Waals surface area contributed by atoms with Crippen LogP contribution < -0.4 is 61.1 Å². The molecule has 52 nitrogen and oxygen atoms in total. The molecule has 2 aromatic carbocycles. The number of nitrogens with zero attached hydrogens (tertiary/aromatic N) is 19. The fourth-order valence-corrected chi connectivity index (χ4v) is 27.6. The Balaban J connectivity index is 0.719. The number of Topliss-reactive ketones (excluding diaryl/α,β-unsaturated/α-hetero) is 1. The van der Waals surface area contributed by atoms with Gasteiger partial charge in [-0.25, -0.2) is 75.7 Å². The molecule has 0 radical (unpaired) electrons. The number of carbonyl (C=O) groups excluding carboxylic acids is 3. The van der Waals surface area contributed by atoms with E-state index in [1.54, 1.807) is 76.0 Å². The number of aryl methyl sites for hydroxylation is 3. The lowest BCUT2D eigenvalue weighted by molar-refractivity contribution is -0.133.